The van der Waals surface area contributed by atoms with E-state index >= 15 is 0 Å². The lowest BCUT2D eigenvalue weighted by atomic mass is 10.1. The fourth-order valence-corrected chi connectivity index (χ4v) is 3.89. The number of nitrogens with zero attached hydrogens (tertiary/aromatic N) is 3. The zero-order chi connectivity index (χ0) is 23.4. The topological polar surface area (TPSA) is 74.7 Å². The number of para-hydroxylation sites is 1. The number of aromatic nitrogens is 1. The first-order valence-electron chi connectivity index (χ1n) is 11.0. The molecular weight excluding hydrogens is 428 g/mol. The van der Waals surface area contributed by atoms with Crippen LogP contribution in [0.15, 0.2) is 41.5 Å². The van der Waals surface area contributed by atoms with Gasteiger partial charge in [0.25, 0.3) is 11.8 Å². The summed E-state index contributed by atoms with van der Waals surface area (Å²) in [5, 5.41) is 3.46. The molecule has 2 aromatic rings. The second kappa shape index (κ2) is 10.2. The number of amides is 2. The highest BCUT2D eigenvalue weighted by Gasteiger charge is 2.27. The van der Waals surface area contributed by atoms with Gasteiger partial charge in [-0.1, -0.05) is 37.6 Å². The van der Waals surface area contributed by atoms with Gasteiger partial charge >= 0.3 is 0 Å². The van der Waals surface area contributed by atoms with Crippen molar-refractivity contribution in [3.8, 4) is 0 Å². The van der Waals surface area contributed by atoms with E-state index in [0.29, 0.717) is 37.7 Å². The number of rotatable bonds is 6. The lowest BCUT2D eigenvalue weighted by molar-refractivity contribution is 0.0744. The first-order valence-corrected chi connectivity index (χ1v) is 11.4. The van der Waals surface area contributed by atoms with E-state index < -0.39 is 11.3 Å². The molecule has 0 bridgehead atoms. The minimum atomic E-state index is -0.526. The van der Waals surface area contributed by atoms with E-state index in [2.05, 4.69) is 10.2 Å². The van der Waals surface area contributed by atoms with Crippen molar-refractivity contribution < 1.29 is 9.59 Å². The predicted molar refractivity (Wildman–Crippen MR) is 128 cm³/mol. The molecule has 0 saturated carbocycles. The van der Waals surface area contributed by atoms with Crippen molar-refractivity contribution in [3.05, 3.63) is 63.0 Å². The first-order chi connectivity index (χ1) is 15.2. The molecule has 2 amide bonds. The Hall–Kier alpha value is -2.80. The van der Waals surface area contributed by atoms with Gasteiger partial charge in [0, 0.05) is 51.2 Å². The van der Waals surface area contributed by atoms with Gasteiger partial charge in [-0.25, -0.2) is 0 Å². The highest BCUT2D eigenvalue weighted by Crippen LogP contribution is 2.26. The number of piperazine rings is 1. The molecular formula is C24H31ClN4O3. The van der Waals surface area contributed by atoms with Crippen LogP contribution in [0.5, 0.6) is 0 Å². The molecule has 1 N–H and O–H groups in total. The van der Waals surface area contributed by atoms with Crippen LogP contribution < -0.4 is 15.6 Å². The van der Waals surface area contributed by atoms with Crippen LogP contribution in [0.1, 0.15) is 54.5 Å². The fourth-order valence-electron chi connectivity index (χ4n) is 3.63. The summed E-state index contributed by atoms with van der Waals surface area (Å²) in [4.78, 5) is 42.8. The van der Waals surface area contributed by atoms with E-state index in [1.165, 1.54) is 6.20 Å². The van der Waals surface area contributed by atoms with Crippen LogP contribution in [0.25, 0.3) is 0 Å². The van der Waals surface area contributed by atoms with E-state index in [-0.39, 0.29) is 29.0 Å². The van der Waals surface area contributed by atoms with Crippen LogP contribution in [0.4, 0.5) is 5.69 Å². The van der Waals surface area contributed by atoms with Crippen molar-refractivity contribution in [1.29, 1.82) is 0 Å². The van der Waals surface area contributed by atoms with Crippen molar-refractivity contribution in [2.45, 2.75) is 33.7 Å². The van der Waals surface area contributed by atoms with Crippen molar-refractivity contribution in [1.82, 2.24) is 14.8 Å². The van der Waals surface area contributed by atoms with E-state index in [1.54, 1.807) is 15.7 Å². The fraction of sp³-hybridized carbons (Fsp3) is 0.458. The Kier molecular flexibility index (Phi) is 7.61. The molecule has 1 saturated heterocycles. The summed E-state index contributed by atoms with van der Waals surface area (Å²) in [6, 6.07) is 7.62. The summed E-state index contributed by atoms with van der Waals surface area (Å²) in [5.74, 6) is -0.538. The number of halogens is 1. The van der Waals surface area contributed by atoms with Crippen LogP contribution in [-0.4, -0.2) is 54.0 Å². The number of pyridine rings is 1. The minimum absolute atomic E-state index is 0.0000895. The zero-order valence-corrected chi connectivity index (χ0v) is 19.9. The molecule has 1 fully saturated rings. The number of nitrogens with one attached hydrogen (secondary N) is 1. The van der Waals surface area contributed by atoms with E-state index in [1.807, 2.05) is 52.0 Å². The molecule has 2 heterocycles. The number of hydrogen-bond acceptors (Lipinski definition) is 4. The molecule has 1 aliphatic rings. The van der Waals surface area contributed by atoms with Gasteiger partial charge in [-0.05, 0) is 31.9 Å². The Morgan fingerprint density at radius 3 is 2.22 bits per heavy atom. The van der Waals surface area contributed by atoms with Crippen LogP contribution >= 0.6 is 11.6 Å². The van der Waals surface area contributed by atoms with Crippen LogP contribution in [-0.2, 0) is 0 Å². The second-order valence-electron chi connectivity index (χ2n) is 8.79. The van der Waals surface area contributed by atoms with Crippen LogP contribution in [0.3, 0.4) is 0 Å². The van der Waals surface area contributed by atoms with Gasteiger partial charge in [0.1, 0.15) is 11.1 Å². The van der Waals surface area contributed by atoms with Crippen molar-refractivity contribution >= 4 is 29.1 Å². The molecule has 32 heavy (non-hydrogen) atoms. The van der Waals surface area contributed by atoms with Crippen LogP contribution in [0, 0.1) is 5.92 Å². The molecule has 3 rings (SSSR count). The van der Waals surface area contributed by atoms with Gasteiger partial charge in [-0.15, -0.1) is 0 Å². The molecule has 0 atom stereocenters. The van der Waals surface area contributed by atoms with Crippen molar-refractivity contribution in [2.75, 3.05) is 37.6 Å². The zero-order valence-electron chi connectivity index (χ0n) is 19.1. The summed E-state index contributed by atoms with van der Waals surface area (Å²) >= 11 is 6.31. The average molecular weight is 459 g/mol. The summed E-state index contributed by atoms with van der Waals surface area (Å²) in [6.45, 7) is 10.5. The maximum atomic E-state index is 13.3. The number of anilines is 1. The first kappa shape index (κ1) is 23.9. The van der Waals surface area contributed by atoms with Gasteiger partial charge in [0.2, 0.25) is 5.43 Å². The molecule has 1 aromatic heterocycles. The SMILES string of the molecule is CC(C)CNC(=O)c1cn(C(C)C)cc(C(=O)N2CCN(c3ccccc3Cl)CC2)c1=O. The highest BCUT2D eigenvalue weighted by molar-refractivity contribution is 6.33. The quantitative estimate of drug-likeness (QED) is 0.719. The molecule has 0 radical (unpaired) electrons. The maximum Gasteiger partial charge on any atom is 0.259 e. The van der Waals surface area contributed by atoms with Gasteiger partial charge in [-0.2, -0.15) is 0 Å². The standard InChI is InChI=1S/C24H31ClN4O3/c1-16(2)13-26-23(31)18-14-29(17(3)4)15-19(22(18)30)24(32)28-11-9-27(10-12-28)21-8-6-5-7-20(21)25/h5-8,14-17H,9-13H2,1-4H3,(H,26,31). The van der Waals surface area contributed by atoms with Gasteiger partial charge in [-0.3, -0.25) is 14.4 Å². The molecule has 0 aliphatic carbocycles. The Morgan fingerprint density at radius 2 is 1.62 bits per heavy atom. The third-order valence-electron chi connectivity index (χ3n) is 5.55. The Morgan fingerprint density at radius 1 is 1.00 bits per heavy atom. The number of hydrogen-bond donors (Lipinski definition) is 1. The lowest BCUT2D eigenvalue weighted by Crippen LogP contribution is -2.50. The van der Waals surface area contributed by atoms with E-state index in [4.69, 9.17) is 11.6 Å². The highest BCUT2D eigenvalue weighted by atomic mass is 35.5. The van der Waals surface area contributed by atoms with Crippen molar-refractivity contribution in [3.63, 3.8) is 0 Å². The lowest BCUT2D eigenvalue weighted by Gasteiger charge is -2.36. The average Bonchev–Trinajstić information content (AvgIpc) is 2.77. The molecule has 7 nitrogen and oxygen atoms in total. The summed E-state index contributed by atoms with van der Waals surface area (Å²) in [7, 11) is 0. The molecule has 1 aliphatic heterocycles. The normalized spacial score (nSPS) is 14.2. The molecule has 0 spiro atoms. The monoisotopic (exact) mass is 458 g/mol. The smallest absolute Gasteiger partial charge is 0.259 e. The molecule has 172 valence electrons. The van der Waals surface area contributed by atoms with Crippen molar-refractivity contribution in [2.24, 2.45) is 5.92 Å². The van der Waals surface area contributed by atoms with Gasteiger partial charge in [0.15, 0.2) is 0 Å². The predicted octanol–water partition coefficient (Wildman–Crippen LogP) is 3.43. The largest absolute Gasteiger partial charge is 0.367 e. The number of carbonyl (C=O) groups is 2. The number of carbonyl (C=O) groups excluding carboxylic acids is 2. The third-order valence-corrected chi connectivity index (χ3v) is 5.87. The summed E-state index contributed by atoms with van der Waals surface area (Å²) in [5.41, 5.74) is 0.441. The Bertz CT molecular complexity index is 1040. The molecule has 8 heteroatoms. The van der Waals surface area contributed by atoms with Gasteiger partial charge in [0.05, 0.1) is 10.7 Å². The van der Waals surface area contributed by atoms with E-state index in [0.717, 1.165) is 5.69 Å². The Balaban J connectivity index is 1.82. The van der Waals surface area contributed by atoms with Crippen LogP contribution in [0.2, 0.25) is 5.02 Å². The molecule has 0 unspecified atom stereocenters. The second-order valence-corrected chi connectivity index (χ2v) is 9.20. The minimum Gasteiger partial charge on any atom is -0.367 e. The van der Waals surface area contributed by atoms with Gasteiger partial charge < -0.3 is 19.7 Å². The Labute approximate surface area is 194 Å². The van der Waals surface area contributed by atoms with E-state index in [9.17, 15) is 14.4 Å². The summed E-state index contributed by atoms with van der Waals surface area (Å²) < 4.78 is 1.75. The third kappa shape index (κ3) is 5.33. The molecule has 1 aromatic carbocycles. The number of benzene rings is 1. The maximum absolute atomic E-state index is 13.3. The summed E-state index contributed by atoms with van der Waals surface area (Å²) in [6.07, 6.45) is 3.10.